The van der Waals surface area contributed by atoms with Crippen LogP contribution in [-0.2, 0) is 4.74 Å². The molecule has 0 aromatic rings. The van der Waals surface area contributed by atoms with Crippen molar-refractivity contribution in [3.63, 3.8) is 0 Å². The first-order valence-corrected chi connectivity index (χ1v) is 8.70. The van der Waals surface area contributed by atoms with Gasteiger partial charge in [0, 0.05) is 25.7 Å². The Balaban J connectivity index is 2.29. The van der Waals surface area contributed by atoms with Crippen LogP contribution in [0.15, 0.2) is 0 Å². The highest BCUT2D eigenvalue weighted by molar-refractivity contribution is 4.79. The number of hydrogen-bond acceptors (Lipinski definition) is 3. The Hall–Kier alpha value is -0.120. The molecule has 0 radical (unpaired) electrons. The fourth-order valence-electron chi connectivity index (χ4n) is 2.96. The zero-order valence-corrected chi connectivity index (χ0v) is 14.3. The fraction of sp³-hybridized carbons (Fsp3) is 1.00. The summed E-state index contributed by atoms with van der Waals surface area (Å²) in [6.07, 6.45) is 5.90. The SMILES string of the molecule is CCC(CC)CN(CC)CC1CCC(CNC(C)C)O1. The standard InChI is InChI=1S/C17H36N2O/c1-6-15(7-2)12-19(8-3)13-17-10-9-16(20-17)11-18-14(4)5/h14-18H,6-13H2,1-5H3. The van der Waals surface area contributed by atoms with Crippen LogP contribution in [0.1, 0.15) is 60.3 Å². The van der Waals surface area contributed by atoms with Crippen LogP contribution in [0.4, 0.5) is 0 Å². The Morgan fingerprint density at radius 3 is 2.30 bits per heavy atom. The van der Waals surface area contributed by atoms with Crippen molar-refractivity contribution in [2.75, 3.05) is 26.2 Å². The molecule has 1 N–H and O–H groups in total. The van der Waals surface area contributed by atoms with Gasteiger partial charge in [0.1, 0.15) is 0 Å². The number of nitrogens with zero attached hydrogens (tertiary/aromatic N) is 1. The van der Waals surface area contributed by atoms with Gasteiger partial charge >= 0.3 is 0 Å². The summed E-state index contributed by atoms with van der Waals surface area (Å²) in [5.41, 5.74) is 0. The minimum Gasteiger partial charge on any atom is -0.372 e. The molecule has 2 unspecified atom stereocenters. The average molecular weight is 284 g/mol. The van der Waals surface area contributed by atoms with E-state index in [0.29, 0.717) is 18.2 Å². The molecule has 1 rings (SSSR count). The van der Waals surface area contributed by atoms with Gasteiger partial charge in [-0.1, -0.05) is 47.5 Å². The van der Waals surface area contributed by atoms with E-state index in [-0.39, 0.29) is 0 Å². The molecule has 0 saturated carbocycles. The first-order chi connectivity index (χ1) is 9.58. The van der Waals surface area contributed by atoms with E-state index in [2.05, 4.69) is 44.8 Å². The van der Waals surface area contributed by atoms with Crippen LogP contribution in [-0.4, -0.2) is 49.3 Å². The van der Waals surface area contributed by atoms with Gasteiger partial charge in [-0.05, 0) is 25.3 Å². The number of hydrogen-bond donors (Lipinski definition) is 1. The normalized spacial score (nSPS) is 23.4. The van der Waals surface area contributed by atoms with E-state index in [0.717, 1.165) is 25.6 Å². The van der Waals surface area contributed by atoms with Crippen molar-refractivity contribution in [2.45, 2.75) is 78.6 Å². The Morgan fingerprint density at radius 2 is 1.75 bits per heavy atom. The summed E-state index contributed by atoms with van der Waals surface area (Å²) in [7, 11) is 0. The number of ether oxygens (including phenoxy) is 1. The topological polar surface area (TPSA) is 24.5 Å². The molecule has 0 spiro atoms. The quantitative estimate of drug-likeness (QED) is 0.666. The maximum absolute atomic E-state index is 6.19. The molecule has 120 valence electrons. The molecule has 1 saturated heterocycles. The van der Waals surface area contributed by atoms with Crippen molar-refractivity contribution in [3.8, 4) is 0 Å². The van der Waals surface area contributed by atoms with E-state index in [1.807, 2.05) is 0 Å². The van der Waals surface area contributed by atoms with Gasteiger partial charge in [-0.2, -0.15) is 0 Å². The smallest absolute Gasteiger partial charge is 0.0707 e. The molecule has 0 amide bonds. The van der Waals surface area contributed by atoms with E-state index in [9.17, 15) is 0 Å². The Bertz CT molecular complexity index is 241. The molecule has 3 nitrogen and oxygen atoms in total. The van der Waals surface area contributed by atoms with Gasteiger partial charge in [0.2, 0.25) is 0 Å². The van der Waals surface area contributed by atoms with Gasteiger partial charge in [-0.3, -0.25) is 0 Å². The third kappa shape index (κ3) is 6.55. The van der Waals surface area contributed by atoms with Crippen LogP contribution in [0.5, 0.6) is 0 Å². The number of rotatable bonds is 10. The minimum absolute atomic E-state index is 0.425. The zero-order chi connectivity index (χ0) is 15.0. The molecular weight excluding hydrogens is 248 g/mol. The third-order valence-electron chi connectivity index (χ3n) is 4.53. The maximum atomic E-state index is 6.19. The van der Waals surface area contributed by atoms with E-state index < -0.39 is 0 Å². The van der Waals surface area contributed by atoms with E-state index in [4.69, 9.17) is 4.74 Å². The summed E-state index contributed by atoms with van der Waals surface area (Å²) in [6.45, 7) is 15.8. The lowest BCUT2D eigenvalue weighted by molar-refractivity contribution is 0.0205. The lowest BCUT2D eigenvalue weighted by Gasteiger charge is -2.27. The minimum atomic E-state index is 0.425. The van der Waals surface area contributed by atoms with Crippen LogP contribution < -0.4 is 5.32 Å². The summed E-state index contributed by atoms with van der Waals surface area (Å²) >= 11 is 0. The predicted octanol–water partition coefficient (Wildman–Crippen LogP) is 3.29. The third-order valence-corrected chi connectivity index (χ3v) is 4.53. The molecule has 0 aliphatic carbocycles. The van der Waals surface area contributed by atoms with Crippen molar-refractivity contribution in [1.29, 1.82) is 0 Å². The highest BCUT2D eigenvalue weighted by atomic mass is 16.5. The predicted molar refractivity (Wildman–Crippen MR) is 87.2 cm³/mol. The highest BCUT2D eigenvalue weighted by Gasteiger charge is 2.26. The Labute approximate surface area is 126 Å². The van der Waals surface area contributed by atoms with Crippen molar-refractivity contribution in [1.82, 2.24) is 10.2 Å². The summed E-state index contributed by atoms with van der Waals surface area (Å²) < 4.78 is 6.19. The van der Waals surface area contributed by atoms with Crippen LogP contribution in [0, 0.1) is 5.92 Å². The molecule has 20 heavy (non-hydrogen) atoms. The second kappa shape index (κ2) is 9.75. The highest BCUT2D eigenvalue weighted by Crippen LogP contribution is 2.21. The van der Waals surface area contributed by atoms with Crippen LogP contribution in [0.2, 0.25) is 0 Å². The Kier molecular flexibility index (Phi) is 8.74. The second-order valence-corrected chi connectivity index (χ2v) is 6.56. The van der Waals surface area contributed by atoms with E-state index in [1.165, 1.54) is 32.2 Å². The largest absolute Gasteiger partial charge is 0.372 e. The van der Waals surface area contributed by atoms with Crippen LogP contribution in [0.25, 0.3) is 0 Å². The van der Waals surface area contributed by atoms with Crippen LogP contribution in [0.3, 0.4) is 0 Å². The van der Waals surface area contributed by atoms with Gasteiger partial charge < -0.3 is 15.0 Å². The molecule has 2 atom stereocenters. The summed E-state index contributed by atoms with van der Waals surface area (Å²) in [4.78, 5) is 2.58. The van der Waals surface area contributed by atoms with Crippen molar-refractivity contribution in [2.24, 2.45) is 5.92 Å². The molecule has 0 bridgehead atoms. The van der Waals surface area contributed by atoms with Crippen molar-refractivity contribution >= 4 is 0 Å². The molecule has 0 aromatic heterocycles. The van der Waals surface area contributed by atoms with Gasteiger partial charge in [-0.15, -0.1) is 0 Å². The van der Waals surface area contributed by atoms with Crippen LogP contribution >= 0.6 is 0 Å². The van der Waals surface area contributed by atoms with Crippen molar-refractivity contribution < 1.29 is 4.74 Å². The monoisotopic (exact) mass is 284 g/mol. The molecular formula is C17H36N2O. The first kappa shape index (κ1) is 17.9. The first-order valence-electron chi connectivity index (χ1n) is 8.70. The van der Waals surface area contributed by atoms with Gasteiger partial charge in [-0.25, -0.2) is 0 Å². The number of nitrogens with one attached hydrogen (secondary N) is 1. The zero-order valence-electron chi connectivity index (χ0n) is 14.3. The Morgan fingerprint density at radius 1 is 1.10 bits per heavy atom. The summed E-state index contributed by atoms with van der Waals surface area (Å²) in [5, 5.41) is 3.49. The van der Waals surface area contributed by atoms with Gasteiger partial charge in [0.05, 0.1) is 12.2 Å². The second-order valence-electron chi connectivity index (χ2n) is 6.56. The molecule has 0 aromatic carbocycles. The number of likely N-dealkylation sites (N-methyl/N-ethyl adjacent to an activating group) is 1. The molecule has 1 aliphatic rings. The lowest BCUT2D eigenvalue weighted by atomic mass is 10.0. The lowest BCUT2D eigenvalue weighted by Crippen LogP contribution is -2.37. The van der Waals surface area contributed by atoms with Crippen molar-refractivity contribution in [3.05, 3.63) is 0 Å². The van der Waals surface area contributed by atoms with Gasteiger partial charge in [0.25, 0.3) is 0 Å². The fourth-order valence-corrected chi connectivity index (χ4v) is 2.96. The molecule has 1 aliphatic heterocycles. The maximum Gasteiger partial charge on any atom is 0.0707 e. The van der Waals surface area contributed by atoms with E-state index in [1.54, 1.807) is 0 Å². The molecule has 1 fully saturated rings. The molecule has 3 heteroatoms. The molecule has 1 heterocycles. The summed E-state index contributed by atoms with van der Waals surface area (Å²) in [6, 6.07) is 0.555. The van der Waals surface area contributed by atoms with Gasteiger partial charge in [0.15, 0.2) is 0 Å². The summed E-state index contributed by atoms with van der Waals surface area (Å²) in [5.74, 6) is 0.842. The van der Waals surface area contributed by atoms with E-state index >= 15 is 0 Å². The average Bonchev–Trinajstić information content (AvgIpc) is 2.88.